The van der Waals surface area contributed by atoms with Crippen LogP contribution in [-0.4, -0.2) is 42.5 Å². The van der Waals surface area contributed by atoms with Gasteiger partial charge >= 0.3 is 0 Å². The highest BCUT2D eigenvalue weighted by Crippen LogP contribution is 2.23. The van der Waals surface area contributed by atoms with E-state index in [-0.39, 0.29) is 17.9 Å². The molecule has 1 saturated heterocycles. The van der Waals surface area contributed by atoms with Gasteiger partial charge in [-0.1, -0.05) is 41.4 Å². The van der Waals surface area contributed by atoms with E-state index in [4.69, 9.17) is 27.9 Å². The molecule has 1 N–H and O–H groups in total. The number of halogens is 2. The van der Waals surface area contributed by atoms with E-state index in [0.717, 1.165) is 18.6 Å². The highest BCUT2D eigenvalue weighted by Gasteiger charge is 2.25. The van der Waals surface area contributed by atoms with E-state index < -0.39 is 0 Å². The number of para-hydroxylation sites is 1. The Balaban J connectivity index is 1.37. The number of nitrogens with one attached hydrogen (secondary N) is 1. The molecule has 3 rings (SSSR count). The second-order valence-corrected chi connectivity index (χ2v) is 7.87. The quantitative estimate of drug-likeness (QED) is 0.648. The van der Waals surface area contributed by atoms with Crippen molar-refractivity contribution in [2.24, 2.45) is 0 Å². The van der Waals surface area contributed by atoms with Crippen LogP contribution in [0.25, 0.3) is 0 Å². The minimum absolute atomic E-state index is 0.0205. The average Bonchev–Trinajstić information content (AvgIpc) is 2.72. The van der Waals surface area contributed by atoms with Gasteiger partial charge in [0.2, 0.25) is 5.91 Å². The molecule has 0 bridgehead atoms. The van der Waals surface area contributed by atoms with Crippen molar-refractivity contribution in [3.05, 3.63) is 64.1 Å². The Kier molecular flexibility index (Phi) is 7.78. The van der Waals surface area contributed by atoms with E-state index in [1.807, 2.05) is 30.3 Å². The summed E-state index contributed by atoms with van der Waals surface area (Å²) in [5, 5.41) is 3.92. The van der Waals surface area contributed by atoms with Crippen LogP contribution in [-0.2, 0) is 4.79 Å². The SMILES string of the molecule is O=C(CCCOc1ccccc1)NC1CCN(C(=O)c2ccc(Cl)cc2Cl)CC1. The zero-order chi connectivity index (χ0) is 20.6. The van der Waals surface area contributed by atoms with E-state index >= 15 is 0 Å². The number of piperidine rings is 1. The topological polar surface area (TPSA) is 58.6 Å². The fraction of sp³-hybridized carbons (Fsp3) is 0.364. The van der Waals surface area contributed by atoms with Crippen LogP contribution in [0.15, 0.2) is 48.5 Å². The van der Waals surface area contributed by atoms with E-state index in [9.17, 15) is 9.59 Å². The number of likely N-dealkylation sites (tertiary alicyclic amines) is 1. The number of hydrogen-bond donors (Lipinski definition) is 1. The standard InChI is InChI=1S/C22H24Cl2N2O3/c23-16-8-9-19(20(24)15-16)22(28)26-12-10-17(11-13-26)25-21(27)7-4-14-29-18-5-2-1-3-6-18/h1-3,5-6,8-9,15,17H,4,7,10-14H2,(H,25,27). The molecule has 0 atom stereocenters. The van der Waals surface area contributed by atoms with Gasteiger partial charge in [0.1, 0.15) is 5.75 Å². The van der Waals surface area contributed by atoms with Crippen molar-refractivity contribution < 1.29 is 14.3 Å². The van der Waals surface area contributed by atoms with E-state index in [1.165, 1.54) is 0 Å². The van der Waals surface area contributed by atoms with Crippen molar-refractivity contribution >= 4 is 35.0 Å². The summed E-state index contributed by atoms with van der Waals surface area (Å²) in [6, 6.07) is 14.5. The molecule has 2 aromatic rings. The van der Waals surface area contributed by atoms with Crippen LogP contribution in [0, 0.1) is 0 Å². The molecule has 29 heavy (non-hydrogen) atoms. The highest BCUT2D eigenvalue weighted by atomic mass is 35.5. The summed E-state index contributed by atoms with van der Waals surface area (Å²) < 4.78 is 5.60. The van der Waals surface area contributed by atoms with Gasteiger partial charge in [-0.2, -0.15) is 0 Å². The third-order valence-electron chi connectivity index (χ3n) is 4.87. The second-order valence-electron chi connectivity index (χ2n) is 7.02. The lowest BCUT2D eigenvalue weighted by atomic mass is 10.0. The zero-order valence-corrected chi connectivity index (χ0v) is 17.6. The largest absolute Gasteiger partial charge is 0.494 e. The fourth-order valence-electron chi connectivity index (χ4n) is 3.30. The fourth-order valence-corrected chi connectivity index (χ4v) is 3.79. The van der Waals surface area contributed by atoms with Crippen molar-refractivity contribution in [3.63, 3.8) is 0 Å². The third kappa shape index (κ3) is 6.38. The summed E-state index contributed by atoms with van der Waals surface area (Å²) in [4.78, 5) is 26.6. The van der Waals surface area contributed by atoms with Gasteiger partial charge in [0, 0.05) is 30.6 Å². The number of benzene rings is 2. The third-order valence-corrected chi connectivity index (χ3v) is 5.42. The number of ether oxygens (including phenoxy) is 1. The molecular weight excluding hydrogens is 411 g/mol. The first kappa shape index (κ1) is 21.5. The Bertz CT molecular complexity index is 837. The molecule has 0 saturated carbocycles. The van der Waals surface area contributed by atoms with Crippen LogP contribution in [0.3, 0.4) is 0 Å². The van der Waals surface area contributed by atoms with E-state index in [0.29, 0.717) is 48.1 Å². The minimum Gasteiger partial charge on any atom is -0.494 e. The summed E-state index contributed by atoms with van der Waals surface area (Å²) in [5.74, 6) is 0.729. The second kappa shape index (κ2) is 10.5. The van der Waals surface area contributed by atoms with Crippen molar-refractivity contribution in [1.82, 2.24) is 10.2 Å². The molecule has 0 spiro atoms. The Morgan fingerprint density at radius 2 is 1.79 bits per heavy atom. The van der Waals surface area contributed by atoms with E-state index in [1.54, 1.807) is 23.1 Å². The highest BCUT2D eigenvalue weighted by molar-refractivity contribution is 6.36. The first-order valence-electron chi connectivity index (χ1n) is 9.74. The lowest BCUT2D eigenvalue weighted by molar-refractivity contribution is -0.122. The van der Waals surface area contributed by atoms with Gasteiger partial charge in [0.05, 0.1) is 17.2 Å². The lowest BCUT2D eigenvalue weighted by Crippen LogP contribution is -2.46. The first-order valence-corrected chi connectivity index (χ1v) is 10.5. The zero-order valence-electron chi connectivity index (χ0n) is 16.1. The minimum atomic E-state index is -0.102. The average molecular weight is 435 g/mol. The van der Waals surface area contributed by atoms with Gasteiger partial charge in [-0.25, -0.2) is 0 Å². The predicted octanol–water partition coefficient (Wildman–Crippen LogP) is 4.57. The molecule has 0 unspecified atom stereocenters. The molecular formula is C22H24Cl2N2O3. The number of nitrogens with zero attached hydrogens (tertiary/aromatic N) is 1. The Labute approximate surface area is 180 Å². The van der Waals surface area contributed by atoms with Gasteiger partial charge < -0.3 is 15.0 Å². The molecule has 2 amide bonds. The number of amides is 2. The van der Waals surface area contributed by atoms with Crippen LogP contribution in [0.2, 0.25) is 10.0 Å². The molecule has 7 heteroatoms. The maximum atomic E-state index is 12.6. The Hall–Kier alpha value is -2.24. The van der Waals surface area contributed by atoms with Gasteiger partial charge in [0.15, 0.2) is 0 Å². The smallest absolute Gasteiger partial charge is 0.255 e. The maximum absolute atomic E-state index is 12.6. The van der Waals surface area contributed by atoms with Gasteiger partial charge in [0.25, 0.3) is 5.91 Å². The summed E-state index contributed by atoms with van der Waals surface area (Å²) in [6.07, 6.45) is 2.53. The van der Waals surface area contributed by atoms with Gasteiger partial charge in [-0.15, -0.1) is 0 Å². The molecule has 0 aliphatic carbocycles. The molecule has 5 nitrogen and oxygen atoms in total. The summed E-state index contributed by atoms with van der Waals surface area (Å²) in [7, 11) is 0. The monoisotopic (exact) mass is 434 g/mol. The maximum Gasteiger partial charge on any atom is 0.255 e. The van der Waals surface area contributed by atoms with Crippen molar-refractivity contribution in [2.45, 2.75) is 31.7 Å². The number of rotatable bonds is 7. The summed E-state index contributed by atoms with van der Waals surface area (Å²) >= 11 is 12.0. The van der Waals surface area contributed by atoms with Crippen molar-refractivity contribution in [2.75, 3.05) is 19.7 Å². The molecule has 1 aliphatic rings. The number of hydrogen-bond acceptors (Lipinski definition) is 3. The van der Waals surface area contributed by atoms with Gasteiger partial charge in [-0.05, 0) is 49.6 Å². The number of carbonyl (C=O) groups excluding carboxylic acids is 2. The van der Waals surface area contributed by atoms with E-state index in [2.05, 4.69) is 5.32 Å². The number of carbonyl (C=O) groups is 2. The van der Waals surface area contributed by atoms with Crippen LogP contribution >= 0.6 is 23.2 Å². The lowest BCUT2D eigenvalue weighted by Gasteiger charge is -2.32. The van der Waals surface area contributed by atoms with Crippen molar-refractivity contribution in [1.29, 1.82) is 0 Å². The van der Waals surface area contributed by atoms with Crippen LogP contribution < -0.4 is 10.1 Å². The van der Waals surface area contributed by atoms with Crippen LogP contribution in [0.4, 0.5) is 0 Å². The first-order chi connectivity index (χ1) is 14.0. The van der Waals surface area contributed by atoms with Gasteiger partial charge in [-0.3, -0.25) is 9.59 Å². The normalized spacial score (nSPS) is 14.5. The summed E-state index contributed by atoms with van der Waals surface area (Å²) in [6.45, 7) is 1.67. The molecule has 0 radical (unpaired) electrons. The molecule has 0 aromatic heterocycles. The molecule has 1 fully saturated rings. The Morgan fingerprint density at radius 1 is 1.07 bits per heavy atom. The molecule has 154 valence electrons. The summed E-state index contributed by atoms with van der Waals surface area (Å²) in [5.41, 5.74) is 0.456. The molecule has 1 heterocycles. The Morgan fingerprint density at radius 3 is 2.48 bits per heavy atom. The van der Waals surface area contributed by atoms with Crippen molar-refractivity contribution in [3.8, 4) is 5.75 Å². The van der Waals surface area contributed by atoms with Crippen LogP contribution in [0.1, 0.15) is 36.0 Å². The van der Waals surface area contributed by atoms with Crippen LogP contribution in [0.5, 0.6) is 5.75 Å². The predicted molar refractivity (Wildman–Crippen MR) is 115 cm³/mol. The molecule has 2 aromatic carbocycles. The molecule has 1 aliphatic heterocycles.